The predicted molar refractivity (Wildman–Crippen MR) is 133 cm³/mol. The first-order valence-electron chi connectivity index (χ1n) is 11.7. The van der Waals surface area contributed by atoms with Gasteiger partial charge in [0.25, 0.3) is 0 Å². The minimum absolute atomic E-state index is 0.000965. The Morgan fingerprint density at radius 3 is 2.56 bits per heavy atom. The van der Waals surface area contributed by atoms with Crippen LogP contribution in [-0.2, 0) is 24.2 Å². The summed E-state index contributed by atoms with van der Waals surface area (Å²) in [7, 11) is 0. The molecule has 1 N–H and O–H groups in total. The first-order valence-corrected chi connectivity index (χ1v) is 11.7. The SMILES string of the molecule is CCc1ccc(CNC(=O)CCc2nnc3c4cc(-c5cc(C)ccc5C)nn4ccn23)cc1. The van der Waals surface area contributed by atoms with E-state index in [9.17, 15) is 4.79 Å². The Labute approximate surface area is 198 Å². The second-order valence-electron chi connectivity index (χ2n) is 8.73. The van der Waals surface area contributed by atoms with Crippen LogP contribution in [0.1, 0.15) is 41.4 Å². The molecule has 2 aromatic carbocycles. The molecule has 1 amide bonds. The van der Waals surface area contributed by atoms with Crippen molar-refractivity contribution in [3.63, 3.8) is 0 Å². The average Bonchev–Trinajstić information content (AvgIpc) is 3.47. The summed E-state index contributed by atoms with van der Waals surface area (Å²) >= 11 is 0. The van der Waals surface area contributed by atoms with Crippen LogP contribution in [0.25, 0.3) is 22.4 Å². The summed E-state index contributed by atoms with van der Waals surface area (Å²) in [6.07, 6.45) is 5.69. The summed E-state index contributed by atoms with van der Waals surface area (Å²) in [4.78, 5) is 12.4. The topological polar surface area (TPSA) is 76.6 Å². The van der Waals surface area contributed by atoms with Gasteiger partial charge in [-0.1, -0.05) is 48.9 Å². The monoisotopic (exact) mass is 452 g/mol. The van der Waals surface area contributed by atoms with Crippen molar-refractivity contribution in [1.29, 1.82) is 0 Å². The molecule has 0 bridgehead atoms. The van der Waals surface area contributed by atoms with E-state index in [1.54, 1.807) is 0 Å². The van der Waals surface area contributed by atoms with Crippen molar-refractivity contribution in [2.45, 2.75) is 46.6 Å². The fourth-order valence-corrected chi connectivity index (χ4v) is 4.18. The van der Waals surface area contributed by atoms with Crippen LogP contribution >= 0.6 is 0 Å². The van der Waals surface area contributed by atoms with E-state index in [2.05, 4.69) is 78.7 Å². The summed E-state index contributed by atoms with van der Waals surface area (Å²) < 4.78 is 3.78. The first kappa shape index (κ1) is 21.8. The van der Waals surface area contributed by atoms with Crippen molar-refractivity contribution in [3.8, 4) is 11.3 Å². The molecule has 3 heterocycles. The van der Waals surface area contributed by atoms with Gasteiger partial charge >= 0.3 is 0 Å². The Morgan fingerprint density at radius 2 is 1.76 bits per heavy atom. The lowest BCUT2D eigenvalue weighted by atomic mass is 10.0. The Kier molecular flexibility index (Phi) is 5.84. The molecule has 0 aliphatic heterocycles. The third-order valence-corrected chi connectivity index (χ3v) is 6.25. The third kappa shape index (κ3) is 4.29. The lowest BCUT2D eigenvalue weighted by Gasteiger charge is -2.06. The number of fused-ring (bicyclic) bond motifs is 3. The Hall–Kier alpha value is -4.00. The van der Waals surface area contributed by atoms with Crippen LogP contribution in [0.3, 0.4) is 0 Å². The van der Waals surface area contributed by atoms with Gasteiger partial charge in [0.15, 0.2) is 5.65 Å². The summed E-state index contributed by atoms with van der Waals surface area (Å²) in [5.74, 6) is 0.758. The van der Waals surface area contributed by atoms with Crippen LogP contribution in [0, 0.1) is 13.8 Å². The lowest BCUT2D eigenvalue weighted by molar-refractivity contribution is -0.121. The fraction of sp³-hybridized carbons (Fsp3) is 0.259. The molecule has 0 aliphatic rings. The summed E-state index contributed by atoms with van der Waals surface area (Å²) in [6, 6.07) is 16.8. The highest BCUT2D eigenvalue weighted by atomic mass is 16.1. The highest BCUT2D eigenvalue weighted by molar-refractivity contribution is 5.78. The zero-order chi connectivity index (χ0) is 23.7. The minimum Gasteiger partial charge on any atom is -0.352 e. The number of amides is 1. The second-order valence-corrected chi connectivity index (χ2v) is 8.73. The van der Waals surface area contributed by atoms with Crippen LogP contribution in [0.15, 0.2) is 60.9 Å². The summed E-state index contributed by atoms with van der Waals surface area (Å²) in [6.45, 7) is 6.84. The van der Waals surface area contributed by atoms with Crippen molar-refractivity contribution in [2.75, 3.05) is 0 Å². The molecule has 3 aromatic heterocycles. The average molecular weight is 453 g/mol. The van der Waals surface area contributed by atoms with Gasteiger partial charge in [-0.25, -0.2) is 4.52 Å². The van der Waals surface area contributed by atoms with Gasteiger partial charge < -0.3 is 5.32 Å². The maximum atomic E-state index is 12.4. The van der Waals surface area contributed by atoms with E-state index >= 15 is 0 Å². The van der Waals surface area contributed by atoms with Crippen molar-refractivity contribution in [2.24, 2.45) is 0 Å². The van der Waals surface area contributed by atoms with Crippen molar-refractivity contribution < 1.29 is 4.79 Å². The molecule has 0 saturated heterocycles. The fourth-order valence-electron chi connectivity index (χ4n) is 4.18. The molecule has 0 atom stereocenters. The van der Waals surface area contributed by atoms with Crippen molar-refractivity contribution in [1.82, 2.24) is 29.5 Å². The van der Waals surface area contributed by atoms with Gasteiger partial charge in [0.2, 0.25) is 5.91 Å². The molecule has 7 heteroatoms. The number of aromatic nitrogens is 5. The highest BCUT2D eigenvalue weighted by Gasteiger charge is 2.14. The summed E-state index contributed by atoms with van der Waals surface area (Å²) in [5, 5.41) is 16.5. The van der Waals surface area contributed by atoms with Crippen LogP contribution in [-0.4, -0.2) is 30.1 Å². The van der Waals surface area contributed by atoms with Crippen LogP contribution < -0.4 is 5.32 Å². The van der Waals surface area contributed by atoms with Crippen molar-refractivity contribution in [3.05, 3.63) is 89.0 Å². The predicted octanol–water partition coefficient (Wildman–Crippen LogP) is 4.47. The quantitative estimate of drug-likeness (QED) is 0.395. The molecule has 0 unspecified atom stereocenters. The number of hydrogen-bond acceptors (Lipinski definition) is 4. The molecule has 0 radical (unpaired) electrons. The van der Waals surface area contributed by atoms with E-state index < -0.39 is 0 Å². The molecule has 172 valence electrons. The smallest absolute Gasteiger partial charge is 0.220 e. The number of nitrogens with one attached hydrogen (secondary N) is 1. The van der Waals surface area contributed by atoms with Gasteiger partial charge in [-0.3, -0.25) is 9.20 Å². The minimum atomic E-state index is -0.000965. The largest absolute Gasteiger partial charge is 0.352 e. The van der Waals surface area contributed by atoms with Crippen molar-refractivity contribution >= 4 is 17.1 Å². The molecule has 0 saturated carbocycles. The van der Waals surface area contributed by atoms with Crippen LogP contribution in [0.5, 0.6) is 0 Å². The third-order valence-electron chi connectivity index (χ3n) is 6.25. The zero-order valence-corrected chi connectivity index (χ0v) is 19.7. The van der Waals surface area contributed by atoms with E-state index in [-0.39, 0.29) is 5.91 Å². The Balaban J connectivity index is 1.30. The van der Waals surface area contributed by atoms with E-state index in [4.69, 9.17) is 5.10 Å². The maximum Gasteiger partial charge on any atom is 0.220 e. The van der Waals surface area contributed by atoms with Crippen LogP contribution in [0.2, 0.25) is 0 Å². The van der Waals surface area contributed by atoms with E-state index in [1.165, 1.54) is 16.7 Å². The normalized spacial score (nSPS) is 11.4. The van der Waals surface area contributed by atoms with Crippen LogP contribution in [0.4, 0.5) is 0 Å². The maximum absolute atomic E-state index is 12.4. The zero-order valence-electron chi connectivity index (χ0n) is 19.7. The van der Waals surface area contributed by atoms with Gasteiger partial charge in [-0.05, 0) is 49.1 Å². The molecule has 0 spiro atoms. The van der Waals surface area contributed by atoms with E-state index in [0.717, 1.165) is 40.2 Å². The highest BCUT2D eigenvalue weighted by Crippen LogP contribution is 2.26. The second kappa shape index (κ2) is 9.09. The molecule has 7 nitrogen and oxygen atoms in total. The number of hydrogen-bond donors (Lipinski definition) is 1. The molecule has 0 fully saturated rings. The lowest BCUT2D eigenvalue weighted by Crippen LogP contribution is -2.23. The molecule has 34 heavy (non-hydrogen) atoms. The standard InChI is InChI=1S/C27H28N6O/c1-4-20-7-9-21(10-8-20)17-28-26(34)12-11-25-29-30-27-24-16-23(31-33(24)14-13-32(25)27)22-15-18(2)5-6-19(22)3/h5-10,13-16H,4,11-12,17H2,1-3H3,(H,28,34). The van der Waals surface area contributed by atoms with E-state index in [1.807, 2.05) is 27.4 Å². The molecule has 0 aliphatic carbocycles. The van der Waals surface area contributed by atoms with Gasteiger partial charge in [0.05, 0.1) is 5.69 Å². The number of rotatable bonds is 7. The molecule has 5 rings (SSSR count). The Bertz CT molecular complexity index is 1480. The number of benzene rings is 2. The molecular weight excluding hydrogens is 424 g/mol. The number of carbonyl (C=O) groups excluding carboxylic acids is 1. The Morgan fingerprint density at radius 1 is 0.971 bits per heavy atom. The number of aryl methyl sites for hydroxylation is 4. The first-order chi connectivity index (χ1) is 16.5. The molecule has 5 aromatic rings. The van der Waals surface area contributed by atoms with Gasteiger partial charge in [0, 0.05) is 37.3 Å². The summed E-state index contributed by atoms with van der Waals surface area (Å²) in [5.41, 5.74) is 8.41. The molecular formula is C27H28N6O. The van der Waals surface area contributed by atoms with E-state index in [0.29, 0.717) is 19.4 Å². The number of nitrogens with zero attached hydrogens (tertiary/aromatic N) is 5. The van der Waals surface area contributed by atoms with Gasteiger partial charge in [-0.15, -0.1) is 10.2 Å². The van der Waals surface area contributed by atoms with Gasteiger partial charge in [0.1, 0.15) is 11.3 Å². The van der Waals surface area contributed by atoms with Gasteiger partial charge in [-0.2, -0.15) is 5.10 Å². The number of carbonyl (C=O) groups is 1.